The molecule has 2 N–H and O–H groups in total. The molecule has 2 unspecified atom stereocenters. The number of fused-ring (bicyclic) bond motifs is 4. The molecule has 13 heteroatoms. The Morgan fingerprint density at radius 3 is 2.43 bits per heavy atom. The number of rotatable bonds is 8. The summed E-state index contributed by atoms with van der Waals surface area (Å²) in [5, 5.41) is 14.6. The number of aromatic hydroxyl groups is 1. The Balaban J connectivity index is 1.18. The Bertz CT molecular complexity index is 2110. The van der Waals surface area contributed by atoms with Gasteiger partial charge in [-0.3, -0.25) is 0 Å². The molecule has 0 amide bonds. The summed E-state index contributed by atoms with van der Waals surface area (Å²) in [5.74, 6) is 0.352. The Labute approximate surface area is 295 Å². The summed E-state index contributed by atoms with van der Waals surface area (Å²) in [6, 6.07) is 6.38. The first-order valence-corrected chi connectivity index (χ1v) is 18.3. The number of halogens is 5. The van der Waals surface area contributed by atoms with Crippen molar-refractivity contribution in [2.75, 3.05) is 44.2 Å². The van der Waals surface area contributed by atoms with Crippen molar-refractivity contribution in [1.29, 1.82) is 0 Å². The van der Waals surface area contributed by atoms with Gasteiger partial charge in [0.05, 0.1) is 12.2 Å². The third-order valence-corrected chi connectivity index (χ3v) is 12.4. The van der Waals surface area contributed by atoms with E-state index in [-0.39, 0.29) is 62.1 Å². The third-order valence-electron chi connectivity index (χ3n) is 11.6. The molecule has 3 saturated heterocycles. The molecule has 7 nitrogen and oxygen atoms in total. The molecule has 9 rings (SSSR count). The Morgan fingerprint density at radius 1 is 1.04 bits per heavy atom. The predicted octanol–water partition coefficient (Wildman–Crippen LogP) is 7.61. The van der Waals surface area contributed by atoms with Gasteiger partial charge >= 0.3 is 11.5 Å². The first-order chi connectivity index (χ1) is 24.4. The van der Waals surface area contributed by atoms with Gasteiger partial charge in [0.1, 0.15) is 22.9 Å². The van der Waals surface area contributed by atoms with Crippen molar-refractivity contribution < 1.29 is 31.8 Å². The fourth-order valence-corrected chi connectivity index (χ4v) is 9.61. The molecule has 51 heavy (non-hydrogen) atoms. The van der Waals surface area contributed by atoms with Crippen LogP contribution in [0.4, 0.5) is 27.8 Å². The highest BCUT2D eigenvalue weighted by Gasteiger charge is 2.52. The zero-order valence-corrected chi connectivity index (χ0v) is 28.6. The minimum atomic E-state index is -4.81. The molecule has 3 aliphatic heterocycles. The molecule has 2 aliphatic carbocycles. The number of nitrogens with zero attached hydrogens (tertiary/aromatic N) is 4. The van der Waals surface area contributed by atoms with Crippen LogP contribution in [0.15, 0.2) is 35.2 Å². The number of aromatic nitrogens is 2. The smallest absolute Gasteiger partial charge is 0.446 e. The maximum atomic E-state index is 17.3. The Hall–Kier alpha value is -3.86. The Kier molecular flexibility index (Phi) is 7.66. The molecule has 5 aliphatic rings. The quantitative estimate of drug-likeness (QED) is 0.110. The normalized spacial score (nSPS) is 23.3. The number of phenolic OH excluding ortho intramolecular Hbond substituents is 1. The van der Waals surface area contributed by atoms with Crippen molar-refractivity contribution in [3.05, 3.63) is 47.5 Å². The molecule has 3 aromatic carbocycles. The lowest BCUT2D eigenvalue weighted by Gasteiger charge is -2.56. The van der Waals surface area contributed by atoms with Crippen LogP contribution < -0.4 is 15.0 Å². The van der Waals surface area contributed by atoms with Crippen LogP contribution >= 0.6 is 11.8 Å². The number of thioether (sulfide) groups is 1. The van der Waals surface area contributed by atoms with Crippen molar-refractivity contribution in [3.8, 4) is 35.2 Å². The average molecular weight is 722 g/mol. The van der Waals surface area contributed by atoms with Gasteiger partial charge < -0.3 is 25.0 Å². The highest BCUT2D eigenvalue weighted by atomic mass is 32.2. The van der Waals surface area contributed by atoms with Gasteiger partial charge in [-0.1, -0.05) is 18.4 Å². The number of terminal acetylenes is 1. The molecule has 1 aromatic heterocycles. The van der Waals surface area contributed by atoms with Crippen LogP contribution in [-0.2, 0) is 0 Å². The first kappa shape index (κ1) is 33.0. The number of hydrogen-bond acceptors (Lipinski definition) is 8. The number of anilines is 1. The summed E-state index contributed by atoms with van der Waals surface area (Å²) < 4.78 is 81.3. The zero-order valence-electron chi connectivity index (χ0n) is 27.8. The molecule has 2 bridgehead atoms. The highest BCUT2D eigenvalue weighted by molar-refractivity contribution is 8.00. The van der Waals surface area contributed by atoms with Crippen molar-refractivity contribution in [3.63, 3.8) is 0 Å². The molecular formula is C38H36F5N5O2S. The van der Waals surface area contributed by atoms with Crippen LogP contribution in [0.3, 0.4) is 0 Å². The Morgan fingerprint density at radius 2 is 1.78 bits per heavy atom. The number of phenols is 1. The second kappa shape index (κ2) is 11.8. The molecule has 4 aromatic rings. The van der Waals surface area contributed by atoms with Crippen LogP contribution in [-0.4, -0.2) is 76.9 Å². The molecular weight excluding hydrogens is 686 g/mol. The summed E-state index contributed by atoms with van der Waals surface area (Å²) >= 11 is -0.492. The van der Waals surface area contributed by atoms with Gasteiger partial charge in [-0.05, 0) is 90.9 Å². The standard InChI is InChI=1S/C38H36F5N5O2S/c1-2-25-28(39)7-4-21-12-24(49)13-26(30(21)25)31-29(51-38(41,42)43)14-27-33(32(31)40)45-35(46-34(27)48-15-22-5-6-23(16-48)44-22)50-20-37(10-11-37)19-47-17-36(18-47)8-3-9-36/h1,4,7,12-14,22-23,44,49H,3,5-6,8-11,15-20H2. The number of piperazine rings is 1. The van der Waals surface area contributed by atoms with Crippen molar-refractivity contribution in [2.45, 2.75) is 67.4 Å². The van der Waals surface area contributed by atoms with Crippen LogP contribution in [0.25, 0.3) is 32.8 Å². The number of alkyl halides is 3. The van der Waals surface area contributed by atoms with E-state index < -0.39 is 39.4 Å². The second-order valence-corrected chi connectivity index (χ2v) is 16.4. The van der Waals surface area contributed by atoms with Crippen LogP contribution in [0, 0.1) is 34.8 Å². The monoisotopic (exact) mass is 721 g/mol. The molecule has 0 radical (unpaired) electrons. The first-order valence-electron chi connectivity index (χ1n) is 17.5. The average Bonchev–Trinajstić information content (AvgIpc) is 3.73. The van der Waals surface area contributed by atoms with Crippen LogP contribution in [0.1, 0.15) is 50.5 Å². The molecule has 4 heterocycles. The topological polar surface area (TPSA) is 73.8 Å². The lowest BCUT2D eigenvalue weighted by atomic mass is 9.63. The summed E-state index contributed by atoms with van der Waals surface area (Å²) in [7, 11) is 0. The highest BCUT2D eigenvalue weighted by Crippen LogP contribution is 2.53. The number of hydrogen-bond donors (Lipinski definition) is 2. The van der Waals surface area contributed by atoms with E-state index in [1.54, 1.807) is 0 Å². The van der Waals surface area contributed by atoms with E-state index in [1.807, 2.05) is 4.90 Å². The van der Waals surface area contributed by atoms with Crippen LogP contribution in [0.2, 0.25) is 0 Å². The van der Waals surface area contributed by atoms with E-state index in [2.05, 4.69) is 21.1 Å². The lowest BCUT2D eigenvalue weighted by molar-refractivity contribution is -0.0716. The van der Waals surface area contributed by atoms with E-state index in [1.165, 1.54) is 37.5 Å². The fourth-order valence-electron chi connectivity index (χ4n) is 8.89. The number of benzene rings is 3. The number of ether oxygens (including phenoxy) is 1. The fraction of sp³-hybridized carbons (Fsp3) is 0.474. The van der Waals surface area contributed by atoms with Gasteiger partial charge in [-0.2, -0.15) is 23.1 Å². The second-order valence-electron chi connectivity index (χ2n) is 15.3. The van der Waals surface area contributed by atoms with E-state index in [0.717, 1.165) is 57.5 Å². The van der Waals surface area contributed by atoms with E-state index in [4.69, 9.17) is 16.1 Å². The zero-order chi connectivity index (χ0) is 35.3. The van der Waals surface area contributed by atoms with Gasteiger partial charge in [-0.15, -0.1) is 6.42 Å². The maximum Gasteiger partial charge on any atom is 0.446 e. The lowest BCUT2D eigenvalue weighted by Crippen LogP contribution is -2.60. The maximum absolute atomic E-state index is 17.3. The SMILES string of the molecule is C#Cc1c(F)ccc2cc(O)cc(-c3c(SC(F)(F)F)cc4c(N5CC6CCC(C5)N6)nc(OCC5(CN6CC7(CCC7)C6)CC5)nc4c3F)c12. The van der Waals surface area contributed by atoms with Crippen molar-refractivity contribution in [2.24, 2.45) is 10.8 Å². The predicted molar refractivity (Wildman–Crippen MR) is 186 cm³/mol. The molecule has 5 fully saturated rings. The third kappa shape index (κ3) is 5.93. The molecule has 266 valence electrons. The molecule has 2 saturated carbocycles. The molecule has 1 spiro atoms. The van der Waals surface area contributed by atoms with Crippen molar-refractivity contribution >= 4 is 39.3 Å². The van der Waals surface area contributed by atoms with Gasteiger partial charge in [0, 0.05) is 71.5 Å². The van der Waals surface area contributed by atoms with E-state index >= 15 is 8.78 Å². The summed E-state index contributed by atoms with van der Waals surface area (Å²) in [6.07, 6.45) is 13.4. The summed E-state index contributed by atoms with van der Waals surface area (Å²) in [6.45, 7) is 4.54. The minimum absolute atomic E-state index is 0.00681. The van der Waals surface area contributed by atoms with E-state index in [0.29, 0.717) is 30.9 Å². The van der Waals surface area contributed by atoms with Gasteiger partial charge in [0.25, 0.3) is 0 Å². The summed E-state index contributed by atoms with van der Waals surface area (Å²) in [5.41, 5.74) is -5.52. The van der Waals surface area contributed by atoms with Crippen molar-refractivity contribution in [1.82, 2.24) is 20.2 Å². The van der Waals surface area contributed by atoms with Gasteiger partial charge in [0.15, 0.2) is 5.82 Å². The van der Waals surface area contributed by atoms with Crippen LogP contribution in [0.5, 0.6) is 11.8 Å². The van der Waals surface area contributed by atoms with E-state index in [9.17, 15) is 18.3 Å². The van der Waals surface area contributed by atoms with Gasteiger partial charge in [0.2, 0.25) is 0 Å². The molecule has 2 atom stereocenters. The minimum Gasteiger partial charge on any atom is -0.508 e. The van der Waals surface area contributed by atoms with Gasteiger partial charge in [-0.25, -0.2) is 8.78 Å². The summed E-state index contributed by atoms with van der Waals surface area (Å²) in [4.78, 5) is 13.3. The largest absolute Gasteiger partial charge is 0.508 e. The number of likely N-dealkylation sites (tertiary alicyclic amines) is 1. The number of nitrogens with one attached hydrogen (secondary N) is 1.